The average molecular weight is 253 g/mol. The van der Waals surface area contributed by atoms with Gasteiger partial charge in [-0.05, 0) is 51.9 Å². The van der Waals surface area contributed by atoms with Crippen LogP contribution >= 0.6 is 0 Å². The summed E-state index contributed by atoms with van der Waals surface area (Å²) in [6.07, 6.45) is 9.87. The van der Waals surface area contributed by atoms with Gasteiger partial charge in [0.05, 0.1) is 18.8 Å². The van der Waals surface area contributed by atoms with E-state index < -0.39 is 0 Å². The highest BCUT2D eigenvalue weighted by molar-refractivity contribution is 4.91. The molecular formula is C15H27NO2. The maximum atomic E-state index is 6.03. The molecule has 0 radical (unpaired) electrons. The summed E-state index contributed by atoms with van der Waals surface area (Å²) in [7, 11) is 0. The van der Waals surface area contributed by atoms with Gasteiger partial charge in [-0.2, -0.15) is 0 Å². The Morgan fingerprint density at radius 3 is 2.72 bits per heavy atom. The van der Waals surface area contributed by atoms with Gasteiger partial charge in [0.1, 0.15) is 0 Å². The van der Waals surface area contributed by atoms with Gasteiger partial charge in [0.25, 0.3) is 0 Å². The number of hydrogen-bond donors (Lipinski definition) is 1. The van der Waals surface area contributed by atoms with E-state index in [1.807, 2.05) is 0 Å². The number of ether oxygens (including phenoxy) is 2. The van der Waals surface area contributed by atoms with E-state index in [1.165, 1.54) is 44.9 Å². The Bertz CT molecular complexity index is 272. The highest BCUT2D eigenvalue weighted by Crippen LogP contribution is 2.38. The van der Waals surface area contributed by atoms with E-state index >= 15 is 0 Å². The molecule has 0 aromatic heterocycles. The van der Waals surface area contributed by atoms with Crippen molar-refractivity contribution in [2.75, 3.05) is 19.8 Å². The van der Waals surface area contributed by atoms with Gasteiger partial charge in [0, 0.05) is 24.6 Å². The summed E-state index contributed by atoms with van der Waals surface area (Å²) in [6.45, 7) is 5.21. The molecule has 3 nitrogen and oxygen atoms in total. The molecule has 0 aromatic rings. The van der Waals surface area contributed by atoms with Gasteiger partial charge in [0.15, 0.2) is 0 Å². The van der Waals surface area contributed by atoms with Gasteiger partial charge in [0.2, 0.25) is 0 Å². The van der Waals surface area contributed by atoms with Gasteiger partial charge in [-0.25, -0.2) is 0 Å². The summed E-state index contributed by atoms with van der Waals surface area (Å²) < 4.78 is 11.8. The molecule has 3 fully saturated rings. The van der Waals surface area contributed by atoms with Crippen LogP contribution < -0.4 is 5.32 Å². The predicted molar refractivity (Wildman–Crippen MR) is 71.7 cm³/mol. The maximum absolute atomic E-state index is 6.03. The van der Waals surface area contributed by atoms with Crippen LogP contribution in [-0.2, 0) is 9.47 Å². The van der Waals surface area contributed by atoms with Crippen LogP contribution in [0, 0.1) is 5.41 Å². The van der Waals surface area contributed by atoms with Crippen LogP contribution in [0.3, 0.4) is 0 Å². The first kappa shape index (κ1) is 12.9. The van der Waals surface area contributed by atoms with E-state index in [0.29, 0.717) is 17.6 Å². The van der Waals surface area contributed by atoms with Gasteiger partial charge in [-0.1, -0.05) is 0 Å². The fraction of sp³-hybridized carbons (Fsp3) is 1.00. The van der Waals surface area contributed by atoms with Gasteiger partial charge in [-0.3, -0.25) is 0 Å². The van der Waals surface area contributed by atoms with E-state index in [0.717, 1.165) is 25.8 Å². The van der Waals surface area contributed by atoms with Crippen molar-refractivity contribution in [1.29, 1.82) is 0 Å². The Balaban J connectivity index is 1.56. The smallest absolute Gasteiger partial charge is 0.0586 e. The topological polar surface area (TPSA) is 30.5 Å². The van der Waals surface area contributed by atoms with Crippen molar-refractivity contribution in [2.24, 2.45) is 5.41 Å². The highest BCUT2D eigenvalue weighted by atomic mass is 16.5. The van der Waals surface area contributed by atoms with E-state index in [4.69, 9.17) is 9.47 Å². The molecule has 1 saturated carbocycles. The van der Waals surface area contributed by atoms with Crippen LogP contribution in [0.15, 0.2) is 0 Å². The lowest BCUT2D eigenvalue weighted by Gasteiger charge is -2.39. The lowest BCUT2D eigenvalue weighted by molar-refractivity contribution is -0.0477. The lowest BCUT2D eigenvalue weighted by Crippen LogP contribution is -2.44. The average Bonchev–Trinajstić information content (AvgIpc) is 3.12. The lowest BCUT2D eigenvalue weighted by atomic mass is 9.77. The van der Waals surface area contributed by atoms with E-state index in [2.05, 4.69) is 12.2 Å². The van der Waals surface area contributed by atoms with Crippen molar-refractivity contribution < 1.29 is 9.47 Å². The van der Waals surface area contributed by atoms with Crippen LogP contribution in [0.1, 0.15) is 51.9 Å². The molecule has 104 valence electrons. The SMILES string of the molecule is CC1CCC(CC2(CNC3CC3)CCCOC2)O1. The first-order chi connectivity index (χ1) is 8.76. The first-order valence-electron chi connectivity index (χ1n) is 7.72. The van der Waals surface area contributed by atoms with Crippen molar-refractivity contribution in [3.05, 3.63) is 0 Å². The van der Waals surface area contributed by atoms with E-state index in [9.17, 15) is 0 Å². The molecule has 2 heterocycles. The molecule has 0 amide bonds. The van der Waals surface area contributed by atoms with Crippen LogP contribution in [0.4, 0.5) is 0 Å². The fourth-order valence-electron chi connectivity index (χ4n) is 3.45. The predicted octanol–water partition coefficient (Wildman–Crippen LogP) is 2.49. The van der Waals surface area contributed by atoms with E-state index in [1.54, 1.807) is 0 Å². The minimum atomic E-state index is 0.343. The van der Waals surface area contributed by atoms with Crippen LogP contribution in [0.5, 0.6) is 0 Å². The fourth-order valence-corrected chi connectivity index (χ4v) is 3.45. The molecule has 3 rings (SSSR count). The summed E-state index contributed by atoms with van der Waals surface area (Å²) in [5.41, 5.74) is 0.343. The molecule has 18 heavy (non-hydrogen) atoms. The third-order valence-corrected chi connectivity index (χ3v) is 4.73. The molecule has 0 spiro atoms. The molecular weight excluding hydrogens is 226 g/mol. The quantitative estimate of drug-likeness (QED) is 0.816. The normalized spacial score (nSPS) is 41.2. The second-order valence-electron chi connectivity index (χ2n) is 6.66. The standard InChI is InChI=1S/C15H27NO2/c1-12-3-6-14(18-12)9-15(7-2-8-17-11-15)10-16-13-4-5-13/h12-14,16H,2-11H2,1H3. The summed E-state index contributed by atoms with van der Waals surface area (Å²) >= 11 is 0. The zero-order valence-electron chi connectivity index (χ0n) is 11.6. The molecule has 0 bridgehead atoms. The third kappa shape index (κ3) is 3.25. The minimum absolute atomic E-state index is 0.343. The number of nitrogens with one attached hydrogen (secondary N) is 1. The van der Waals surface area contributed by atoms with Crippen LogP contribution in [0.25, 0.3) is 0 Å². The minimum Gasteiger partial charge on any atom is -0.381 e. The Morgan fingerprint density at radius 1 is 1.22 bits per heavy atom. The van der Waals surface area contributed by atoms with Crippen molar-refractivity contribution >= 4 is 0 Å². The zero-order chi connectivity index (χ0) is 12.4. The van der Waals surface area contributed by atoms with Crippen molar-refractivity contribution in [2.45, 2.75) is 70.1 Å². The number of rotatable bonds is 5. The van der Waals surface area contributed by atoms with Gasteiger partial charge in [-0.15, -0.1) is 0 Å². The molecule has 3 atom stereocenters. The molecule has 1 aliphatic carbocycles. The summed E-state index contributed by atoms with van der Waals surface area (Å²) in [5.74, 6) is 0. The maximum Gasteiger partial charge on any atom is 0.0586 e. The molecule has 1 N–H and O–H groups in total. The molecule has 0 aromatic carbocycles. The van der Waals surface area contributed by atoms with E-state index in [-0.39, 0.29) is 0 Å². The van der Waals surface area contributed by atoms with Crippen molar-refractivity contribution in [1.82, 2.24) is 5.32 Å². The second-order valence-corrected chi connectivity index (χ2v) is 6.66. The van der Waals surface area contributed by atoms with Gasteiger partial charge >= 0.3 is 0 Å². The van der Waals surface area contributed by atoms with Crippen molar-refractivity contribution in [3.63, 3.8) is 0 Å². The summed E-state index contributed by atoms with van der Waals surface area (Å²) in [4.78, 5) is 0. The second kappa shape index (κ2) is 5.48. The Morgan fingerprint density at radius 2 is 2.11 bits per heavy atom. The first-order valence-corrected chi connectivity index (χ1v) is 7.72. The van der Waals surface area contributed by atoms with Gasteiger partial charge < -0.3 is 14.8 Å². The molecule has 3 aliphatic rings. The zero-order valence-corrected chi connectivity index (χ0v) is 11.6. The Hall–Kier alpha value is -0.120. The molecule has 2 saturated heterocycles. The Labute approximate surface area is 111 Å². The largest absolute Gasteiger partial charge is 0.381 e. The summed E-state index contributed by atoms with van der Waals surface area (Å²) in [6, 6.07) is 0.798. The van der Waals surface area contributed by atoms with Crippen molar-refractivity contribution in [3.8, 4) is 0 Å². The molecule has 2 aliphatic heterocycles. The number of hydrogen-bond acceptors (Lipinski definition) is 3. The Kier molecular flexibility index (Phi) is 3.92. The third-order valence-electron chi connectivity index (χ3n) is 4.73. The highest BCUT2D eigenvalue weighted by Gasteiger charge is 2.38. The van der Waals surface area contributed by atoms with Crippen LogP contribution in [0.2, 0.25) is 0 Å². The van der Waals surface area contributed by atoms with Crippen LogP contribution in [-0.4, -0.2) is 38.0 Å². The molecule has 3 heteroatoms. The molecule has 3 unspecified atom stereocenters. The summed E-state index contributed by atoms with van der Waals surface area (Å²) in [5, 5.41) is 3.72. The monoisotopic (exact) mass is 253 g/mol.